The van der Waals surface area contributed by atoms with E-state index >= 15 is 0 Å². The van der Waals surface area contributed by atoms with Crippen LogP contribution in [0.5, 0.6) is 0 Å². The molecular formula is C12H9ClN2O3S. The number of anilines is 1. The summed E-state index contributed by atoms with van der Waals surface area (Å²) < 4.78 is 0. The third-order valence-corrected chi connectivity index (χ3v) is 3.30. The summed E-state index contributed by atoms with van der Waals surface area (Å²) in [4.78, 5) is 28.5. The topological polar surface area (TPSA) is 70.5 Å². The first-order valence-electron chi connectivity index (χ1n) is 5.25. The first kappa shape index (κ1) is 13.5. The van der Waals surface area contributed by atoms with Gasteiger partial charge in [0.15, 0.2) is 0 Å². The molecule has 98 valence electrons. The molecule has 19 heavy (non-hydrogen) atoms. The van der Waals surface area contributed by atoms with Gasteiger partial charge in [-0.1, -0.05) is 17.7 Å². The summed E-state index contributed by atoms with van der Waals surface area (Å²) in [6.07, 6.45) is 1.41. The van der Waals surface area contributed by atoms with E-state index in [4.69, 9.17) is 16.7 Å². The van der Waals surface area contributed by atoms with Gasteiger partial charge in [0.2, 0.25) is 0 Å². The summed E-state index contributed by atoms with van der Waals surface area (Å²) in [6.45, 7) is -0.433. The maximum Gasteiger partial charge on any atom is 0.323 e. The summed E-state index contributed by atoms with van der Waals surface area (Å²) in [5.41, 5.74) is 1.96. The summed E-state index contributed by atoms with van der Waals surface area (Å²) in [7, 11) is 0. The predicted molar refractivity (Wildman–Crippen MR) is 72.9 cm³/mol. The minimum atomic E-state index is -1.10. The molecule has 2 aromatic rings. The van der Waals surface area contributed by atoms with Gasteiger partial charge in [0.1, 0.15) is 11.4 Å². The Bertz CT molecular complexity index is 601. The monoisotopic (exact) mass is 296 g/mol. The number of aromatic nitrogens is 1. The molecule has 0 aliphatic carbocycles. The highest BCUT2D eigenvalue weighted by atomic mass is 35.5. The van der Waals surface area contributed by atoms with Crippen molar-refractivity contribution >= 4 is 40.5 Å². The molecule has 0 radical (unpaired) electrons. The number of carbonyl (C=O) groups excluding carboxylic acids is 1. The number of carboxylic acid groups (broad SMARTS) is 1. The van der Waals surface area contributed by atoms with E-state index in [1.54, 1.807) is 24.3 Å². The first-order chi connectivity index (χ1) is 9.08. The van der Waals surface area contributed by atoms with E-state index in [9.17, 15) is 9.59 Å². The van der Waals surface area contributed by atoms with Crippen LogP contribution in [0, 0.1) is 0 Å². The molecule has 0 spiro atoms. The number of rotatable bonds is 4. The van der Waals surface area contributed by atoms with E-state index in [0.717, 1.165) is 16.2 Å². The number of aliphatic carboxylic acids is 1. The Morgan fingerprint density at radius 2 is 2.21 bits per heavy atom. The van der Waals surface area contributed by atoms with Crippen molar-refractivity contribution in [3.05, 3.63) is 45.9 Å². The second-order valence-electron chi connectivity index (χ2n) is 3.63. The molecule has 0 aliphatic heterocycles. The minimum Gasteiger partial charge on any atom is -0.480 e. The quantitative estimate of drug-likeness (QED) is 0.941. The molecule has 7 heteroatoms. The van der Waals surface area contributed by atoms with Gasteiger partial charge in [-0.05, 0) is 18.2 Å². The van der Waals surface area contributed by atoms with Crippen LogP contribution in [0.25, 0.3) is 0 Å². The summed E-state index contributed by atoms with van der Waals surface area (Å²) in [5.74, 6) is -1.51. The highest BCUT2D eigenvalue weighted by molar-refractivity contribution is 7.11. The zero-order valence-corrected chi connectivity index (χ0v) is 11.2. The minimum absolute atomic E-state index is 0.376. The van der Waals surface area contributed by atoms with Crippen LogP contribution in [0.15, 0.2) is 36.0 Å². The molecule has 0 atom stereocenters. The lowest BCUT2D eigenvalue weighted by Crippen LogP contribution is -2.35. The average Bonchev–Trinajstić information content (AvgIpc) is 2.88. The van der Waals surface area contributed by atoms with E-state index < -0.39 is 18.4 Å². The van der Waals surface area contributed by atoms with Gasteiger partial charge >= 0.3 is 5.97 Å². The van der Waals surface area contributed by atoms with Crippen molar-refractivity contribution in [3.8, 4) is 0 Å². The maximum absolute atomic E-state index is 12.2. The van der Waals surface area contributed by atoms with Crippen molar-refractivity contribution in [1.82, 2.24) is 4.98 Å². The molecule has 1 heterocycles. The Morgan fingerprint density at radius 3 is 2.79 bits per heavy atom. The third kappa shape index (κ3) is 3.30. The van der Waals surface area contributed by atoms with E-state index in [0.29, 0.717) is 15.6 Å². The number of carbonyl (C=O) groups is 2. The van der Waals surface area contributed by atoms with Gasteiger partial charge in [-0.2, -0.15) is 0 Å². The fraction of sp³-hybridized carbons (Fsp3) is 0.0833. The lowest BCUT2D eigenvalue weighted by atomic mass is 10.2. The van der Waals surface area contributed by atoms with E-state index in [1.165, 1.54) is 11.7 Å². The number of nitrogens with zero attached hydrogens (tertiary/aromatic N) is 2. The second kappa shape index (κ2) is 5.81. The van der Waals surface area contributed by atoms with Crippen LogP contribution < -0.4 is 4.90 Å². The normalized spacial score (nSPS) is 10.2. The number of thiazole rings is 1. The lowest BCUT2D eigenvalue weighted by Gasteiger charge is -2.20. The molecule has 0 aliphatic rings. The van der Waals surface area contributed by atoms with Crippen molar-refractivity contribution in [2.24, 2.45) is 0 Å². The largest absolute Gasteiger partial charge is 0.480 e. The smallest absolute Gasteiger partial charge is 0.323 e. The molecule has 5 nitrogen and oxygen atoms in total. The van der Waals surface area contributed by atoms with E-state index in [1.807, 2.05) is 0 Å². The third-order valence-electron chi connectivity index (χ3n) is 2.30. The summed E-state index contributed by atoms with van der Waals surface area (Å²) >= 11 is 7.02. The van der Waals surface area contributed by atoms with Crippen LogP contribution in [0.1, 0.15) is 9.67 Å². The highest BCUT2D eigenvalue weighted by Gasteiger charge is 2.21. The summed E-state index contributed by atoms with van der Waals surface area (Å²) in [5, 5.41) is 9.36. The Labute approximate surface area is 118 Å². The number of benzene rings is 1. The van der Waals surface area contributed by atoms with E-state index in [2.05, 4.69) is 4.98 Å². The highest BCUT2D eigenvalue weighted by Crippen LogP contribution is 2.22. The molecule has 1 N–H and O–H groups in total. The molecule has 0 bridgehead atoms. The molecule has 1 amide bonds. The van der Waals surface area contributed by atoms with Gasteiger partial charge in [-0.25, -0.2) is 0 Å². The van der Waals surface area contributed by atoms with Crippen molar-refractivity contribution < 1.29 is 14.7 Å². The number of halogens is 1. The molecule has 0 unspecified atom stereocenters. The Balaban J connectivity index is 2.36. The van der Waals surface area contributed by atoms with Crippen LogP contribution in [0.4, 0.5) is 5.69 Å². The van der Waals surface area contributed by atoms with Gasteiger partial charge in [-0.15, -0.1) is 11.3 Å². The van der Waals surface area contributed by atoms with Gasteiger partial charge in [0, 0.05) is 10.7 Å². The first-order valence-corrected chi connectivity index (χ1v) is 6.51. The molecule has 2 rings (SSSR count). The van der Waals surface area contributed by atoms with Crippen LogP contribution in [-0.4, -0.2) is 28.5 Å². The molecule has 0 saturated heterocycles. The van der Waals surface area contributed by atoms with Gasteiger partial charge in [0.25, 0.3) is 5.91 Å². The summed E-state index contributed by atoms with van der Waals surface area (Å²) in [6, 6.07) is 6.49. The molecule has 1 aromatic carbocycles. The van der Waals surface area contributed by atoms with Crippen molar-refractivity contribution in [2.45, 2.75) is 0 Å². The van der Waals surface area contributed by atoms with Gasteiger partial charge in [-0.3, -0.25) is 19.5 Å². The van der Waals surface area contributed by atoms with Crippen molar-refractivity contribution in [3.63, 3.8) is 0 Å². The number of carboxylic acids is 1. The fourth-order valence-electron chi connectivity index (χ4n) is 1.51. The van der Waals surface area contributed by atoms with Crippen LogP contribution in [-0.2, 0) is 4.79 Å². The van der Waals surface area contributed by atoms with Crippen LogP contribution in [0.3, 0.4) is 0 Å². The Kier molecular flexibility index (Phi) is 4.13. The number of amides is 1. The average molecular weight is 297 g/mol. The molecule has 0 fully saturated rings. The zero-order valence-electron chi connectivity index (χ0n) is 9.62. The standard InChI is InChI=1S/C12H9ClN2O3S/c13-8-2-1-3-9(4-8)15(6-11(16)17)12(18)10-5-14-7-19-10/h1-5,7H,6H2,(H,16,17). The van der Waals surface area contributed by atoms with E-state index in [-0.39, 0.29) is 0 Å². The molecular weight excluding hydrogens is 288 g/mol. The Hall–Kier alpha value is -1.92. The lowest BCUT2D eigenvalue weighted by molar-refractivity contribution is -0.135. The zero-order chi connectivity index (χ0) is 13.8. The molecule has 1 aromatic heterocycles. The fourth-order valence-corrected chi connectivity index (χ4v) is 2.27. The molecule has 0 saturated carbocycles. The number of hydrogen-bond donors (Lipinski definition) is 1. The van der Waals surface area contributed by atoms with Crippen LogP contribution >= 0.6 is 22.9 Å². The predicted octanol–water partition coefficient (Wildman–Crippen LogP) is 2.53. The van der Waals surface area contributed by atoms with Crippen LogP contribution in [0.2, 0.25) is 5.02 Å². The van der Waals surface area contributed by atoms with Crippen molar-refractivity contribution in [1.29, 1.82) is 0 Å². The van der Waals surface area contributed by atoms with Gasteiger partial charge in [0.05, 0.1) is 11.7 Å². The second-order valence-corrected chi connectivity index (χ2v) is 4.95. The van der Waals surface area contributed by atoms with Gasteiger partial charge < -0.3 is 5.11 Å². The Morgan fingerprint density at radius 1 is 1.42 bits per heavy atom. The SMILES string of the molecule is O=C(O)CN(C(=O)c1cncs1)c1cccc(Cl)c1. The van der Waals surface area contributed by atoms with Crippen molar-refractivity contribution in [2.75, 3.05) is 11.4 Å². The number of hydrogen-bond acceptors (Lipinski definition) is 4. The maximum atomic E-state index is 12.2.